The number of aromatic nitrogens is 2. The first-order chi connectivity index (χ1) is 16.0. The molecule has 0 bridgehead atoms. The second-order valence-electron chi connectivity index (χ2n) is 6.73. The molecule has 1 unspecified atom stereocenters. The molecule has 1 atom stereocenters. The summed E-state index contributed by atoms with van der Waals surface area (Å²) in [6.07, 6.45) is -1.95. The Morgan fingerprint density at radius 3 is 2.62 bits per heavy atom. The third-order valence-corrected chi connectivity index (χ3v) is 6.22. The molecule has 0 aliphatic heterocycles. The normalized spacial score (nSPS) is 13.8. The van der Waals surface area contributed by atoms with E-state index in [1.165, 1.54) is 6.20 Å². The topological polar surface area (TPSA) is 108 Å². The van der Waals surface area contributed by atoms with E-state index in [1.54, 1.807) is 14.0 Å². The highest BCUT2D eigenvalue weighted by atomic mass is 35.5. The minimum Gasteiger partial charge on any atom is -0.369 e. The van der Waals surface area contributed by atoms with E-state index < -0.39 is 22.7 Å². The monoisotopic (exact) mass is 536 g/mol. The molecule has 0 saturated carbocycles. The summed E-state index contributed by atoms with van der Waals surface area (Å²) >= 11 is 12.8. The lowest BCUT2D eigenvalue weighted by atomic mass is 10.2. The van der Waals surface area contributed by atoms with E-state index >= 15 is 0 Å². The fourth-order valence-corrected chi connectivity index (χ4v) is 3.90. The molecular formula is C20H21Cl2F3N6O2S. The molecule has 0 aromatic carbocycles. The zero-order valence-corrected chi connectivity index (χ0v) is 20.6. The number of carbonyl (C=O) groups excluding carboxylic acids is 2. The largest absolute Gasteiger partial charge is 0.418 e. The summed E-state index contributed by atoms with van der Waals surface area (Å²) in [6, 6.07) is 0.294. The van der Waals surface area contributed by atoms with Crippen molar-refractivity contribution in [2.24, 2.45) is 4.99 Å². The average molecular weight is 537 g/mol. The SMILES string of the molecule is CCNC(=N/C)/C(Cl)=C(\C=O)CNC(C)c1ncc(C(=O)Nc2cc(C(F)(F)F)c(Cl)cn2)s1. The number of pyridine rings is 1. The van der Waals surface area contributed by atoms with Crippen LogP contribution in [0.4, 0.5) is 19.0 Å². The van der Waals surface area contributed by atoms with Gasteiger partial charge in [0.2, 0.25) is 0 Å². The van der Waals surface area contributed by atoms with Crippen molar-refractivity contribution in [3.8, 4) is 0 Å². The number of rotatable bonds is 9. The van der Waals surface area contributed by atoms with Crippen LogP contribution in [0.1, 0.15) is 40.1 Å². The van der Waals surface area contributed by atoms with Gasteiger partial charge in [0.05, 0.1) is 27.9 Å². The van der Waals surface area contributed by atoms with Crippen LogP contribution in [-0.4, -0.2) is 48.1 Å². The number of halogens is 5. The molecule has 3 N–H and O–H groups in total. The van der Waals surface area contributed by atoms with Gasteiger partial charge in [-0.25, -0.2) is 9.97 Å². The number of amidine groups is 1. The quantitative estimate of drug-likeness (QED) is 0.189. The number of anilines is 1. The number of thiazole rings is 1. The molecule has 8 nitrogen and oxygen atoms in total. The maximum absolute atomic E-state index is 13.0. The lowest BCUT2D eigenvalue weighted by molar-refractivity contribution is -0.137. The molecule has 14 heteroatoms. The second-order valence-corrected chi connectivity index (χ2v) is 8.57. The number of alkyl halides is 3. The molecule has 184 valence electrons. The summed E-state index contributed by atoms with van der Waals surface area (Å²) in [4.78, 5) is 36.0. The number of nitrogens with one attached hydrogen (secondary N) is 3. The summed E-state index contributed by atoms with van der Waals surface area (Å²) in [6.45, 7) is 4.33. The maximum Gasteiger partial charge on any atom is 0.418 e. The Bertz CT molecular complexity index is 1100. The van der Waals surface area contributed by atoms with Gasteiger partial charge in [0, 0.05) is 31.9 Å². The molecule has 0 saturated heterocycles. The minimum absolute atomic E-state index is 0.115. The van der Waals surface area contributed by atoms with Crippen molar-refractivity contribution >= 4 is 58.4 Å². The number of likely N-dealkylation sites (N-methyl/N-ethyl adjacent to an activating group) is 1. The van der Waals surface area contributed by atoms with Gasteiger partial charge in [-0.3, -0.25) is 14.6 Å². The number of aliphatic imine (C=N–C) groups is 1. The Balaban J connectivity index is 2.08. The fraction of sp³-hybridized carbons (Fsp3) is 0.350. The molecule has 0 radical (unpaired) electrons. The Morgan fingerprint density at radius 2 is 2.03 bits per heavy atom. The van der Waals surface area contributed by atoms with Crippen molar-refractivity contribution in [2.45, 2.75) is 26.1 Å². The van der Waals surface area contributed by atoms with Gasteiger partial charge in [-0.2, -0.15) is 13.2 Å². The smallest absolute Gasteiger partial charge is 0.369 e. The summed E-state index contributed by atoms with van der Waals surface area (Å²) < 4.78 is 39.0. The molecule has 2 heterocycles. The first-order valence-electron chi connectivity index (χ1n) is 9.79. The van der Waals surface area contributed by atoms with Crippen molar-refractivity contribution in [3.63, 3.8) is 0 Å². The van der Waals surface area contributed by atoms with Crippen LogP contribution in [0.3, 0.4) is 0 Å². The Morgan fingerprint density at radius 1 is 1.32 bits per heavy atom. The van der Waals surface area contributed by atoms with Crippen molar-refractivity contribution in [2.75, 3.05) is 25.5 Å². The fourth-order valence-electron chi connectivity index (χ4n) is 2.59. The van der Waals surface area contributed by atoms with Crippen LogP contribution in [0.15, 0.2) is 34.1 Å². The minimum atomic E-state index is -4.69. The Hall–Kier alpha value is -2.54. The second kappa shape index (κ2) is 12.2. The van der Waals surface area contributed by atoms with Crippen molar-refractivity contribution in [1.82, 2.24) is 20.6 Å². The van der Waals surface area contributed by atoms with Crippen LogP contribution in [0.25, 0.3) is 0 Å². The lowest BCUT2D eigenvalue weighted by Crippen LogP contribution is -2.27. The predicted molar refractivity (Wildman–Crippen MR) is 127 cm³/mol. The van der Waals surface area contributed by atoms with Gasteiger partial charge in [0.15, 0.2) is 0 Å². The van der Waals surface area contributed by atoms with Crippen LogP contribution < -0.4 is 16.0 Å². The zero-order chi connectivity index (χ0) is 25.5. The van der Waals surface area contributed by atoms with E-state index in [9.17, 15) is 22.8 Å². The van der Waals surface area contributed by atoms with Gasteiger partial charge in [-0.15, -0.1) is 11.3 Å². The summed E-state index contributed by atoms with van der Waals surface area (Å²) in [5.41, 5.74) is -0.829. The number of nitrogens with zero attached hydrogens (tertiary/aromatic N) is 3. The molecule has 0 fully saturated rings. The van der Waals surface area contributed by atoms with Crippen molar-refractivity contribution in [3.05, 3.63) is 49.5 Å². The molecule has 0 spiro atoms. The van der Waals surface area contributed by atoms with E-state index in [0.717, 1.165) is 17.5 Å². The molecule has 0 aliphatic rings. The third kappa shape index (κ3) is 7.23. The van der Waals surface area contributed by atoms with Gasteiger partial charge in [0.1, 0.15) is 27.8 Å². The number of amides is 1. The van der Waals surface area contributed by atoms with Gasteiger partial charge < -0.3 is 16.0 Å². The standard InChI is InChI=1S/C20H21Cl2F3N6O2S/c1-4-27-17(26-3)16(22)11(9-32)6-28-10(2)19-30-8-14(34-19)18(33)31-15-5-12(20(23,24)25)13(21)7-29-15/h5,7-10,28H,4,6H2,1-3H3,(H,26,27)(H,29,31,33)/b16-11+. The highest BCUT2D eigenvalue weighted by molar-refractivity contribution is 7.13. The number of hydrogen-bond acceptors (Lipinski definition) is 7. The lowest BCUT2D eigenvalue weighted by Gasteiger charge is -2.13. The molecular weight excluding hydrogens is 516 g/mol. The third-order valence-electron chi connectivity index (χ3n) is 4.32. The maximum atomic E-state index is 13.0. The van der Waals surface area contributed by atoms with E-state index in [4.69, 9.17) is 23.2 Å². The first-order valence-corrected chi connectivity index (χ1v) is 11.4. The average Bonchev–Trinajstić information content (AvgIpc) is 3.28. The van der Waals surface area contributed by atoms with Crippen LogP contribution >= 0.6 is 34.5 Å². The van der Waals surface area contributed by atoms with Crippen molar-refractivity contribution in [1.29, 1.82) is 0 Å². The molecule has 1 amide bonds. The summed E-state index contributed by atoms with van der Waals surface area (Å²) in [5.74, 6) is -0.587. The van der Waals surface area contributed by atoms with E-state index in [1.807, 2.05) is 6.92 Å². The van der Waals surface area contributed by atoms with Crippen LogP contribution in [0, 0.1) is 0 Å². The van der Waals surface area contributed by atoms with Gasteiger partial charge in [0.25, 0.3) is 5.91 Å². The van der Waals surface area contributed by atoms with E-state index in [2.05, 4.69) is 30.9 Å². The molecule has 2 aromatic heterocycles. The van der Waals surface area contributed by atoms with Crippen molar-refractivity contribution < 1.29 is 22.8 Å². The van der Waals surface area contributed by atoms with Gasteiger partial charge >= 0.3 is 6.18 Å². The van der Waals surface area contributed by atoms with Crippen LogP contribution in [0.2, 0.25) is 5.02 Å². The van der Waals surface area contributed by atoms with Gasteiger partial charge in [-0.1, -0.05) is 23.2 Å². The summed E-state index contributed by atoms with van der Waals surface area (Å²) in [5, 5.41) is 8.49. The zero-order valence-electron chi connectivity index (χ0n) is 18.3. The molecule has 2 aromatic rings. The highest BCUT2D eigenvalue weighted by Crippen LogP contribution is 2.35. The number of aldehydes is 1. The number of hydrogen-bond donors (Lipinski definition) is 3. The predicted octanol–water partition coefficient (Wildman–Crippen LogP) is 4.44. The highest BCUT2D eigenvalue weighted by Gasteiger charge is 2.34. The molecule has 2 rings (SSSR count). The van der Waals surface area contributed by atoms with E-state index in [0.29, 0.717) is 29.7 Å². The molecule has 34 heavy (non-hydrogen) atoms. The number of carbonyl (C=O) groups is 2. The summed E-state index contributed by atoms with van der Waals surface area (Å²) in [7, 11) is 1.55. The Kier molecular flexibility index (Phi) is 9.98. The van der Waals surface area contributed by atoms with E-state index in [-0.39, 0.29) is 33.9 Å². The van der Waals surface area contributed by atoms with Crippen LogP contribution in [0.5, 0.6) is 0 Å². The van der Waals surface area contributed by atoms with Gasteiger partial charge in [-0.05, 0) is 19.9 Å². The first kappa shape index (κ1) is 27.7. The Labute approximate surface area is 207 Å². The van der Waals surface area contributed by atoms with Crippen LogP contribution in [-0.2, 0) is 11.0 Å². The molecule has 0 aliphatic carbocycles.